The molecule has 0 aliphatic heterocycles. The molecule has 1 aromatic carbocycles. The van der Waals surface area contributed by atoms with E-state index in [1.54, 1.807) is 24.3 Å². The number of hydrogen-bond acceptors (Lipinski definition) is 4. The van der Waals surface area contributed by atoms with Gasteiger partial charge in [-0.05, 0) is 43.5 Å². The molecule has 0 aromatic heterocycles. The number of benzene rings is 1. The molecular weight excluding hydrogens is 262 g/mol. The molecule has 1 atom stereocenters. The van der Waals surface area contributed by atoms with Gasteiger partial charge in [0.15, 0.2) is 0 Å². The van der Waals surface area contributed by atoms with Crippen molar-refractivity contribution in [2.75, 3.05) is 11.9 Å². The zero-order valence-electron chi connectivity index (χ0n) is 11.1. The summed E-state index contributed by atoms with van der Waals surface area (Å²) in [5.41, 5.74) is 6.52. The van der Waals surface area contributed by atoms with Gasteiger partial charge in [-0.15, -0.1) is 0 Å². The number of sulfonamides is 1. The van der Waals surface area contributed by atoms with E-state index in [0.29, 0.717) is 11.4 Å². The van der Waals surface area contributed by atoms with Gasteiger partial charge in [0.05, 0.1) is 4.90 Å². The van der Waals surface area contributed by atoms with Gasteiger partial charge in [0.1, 0.15) is 0 Å². The highest BCUT2D eigenvalue weighted by Crippen LogP contribution is 2.22. The Kier molecular flexibility index (Phi) is 4.44. The summed E-state index contributed by atoms with van der Waals surface area (Å²) in [6.07, 6.45) is 2.81. The van der Waals surface area contributed by atoms with E-state index in [4.69, 9.17) is 5.73 Å². The lowest BCUT2D eigenvalue weighted by Crippen LogP contribution is -2.28. The van der Waals surface area contributed by atoms with Gasteiger partial charge in [0.2, 0.25) is 10.0 Å². The molecule has 19 heavy (non-hydrogen) atoms. The van der Waals surface area contributed by atoms with Gasteiger partial charge in [-0.25, -0.2) is 13.1 Å². The third-order valence-electron chi connectivity index (χ3n) is 3.21. The van der Waals surface area contributed by atoms with Crippen LogP contribution >= 0.6 is 0 Å². The van der Waals surface area contributed by atoms with E-state index in [1.807, 2.05) is 0 Å². The molecule has 2 rings (SSSR count). The van der Waals surface area contributed by atoms with Gasteiger partial charge in [-0.2, -0.15) is 0 Å². The molecule has 1 aliphatic carbocycles. The van der Waals surface area contributed by atoms with Gasteiger partial charge in [0.25, 0.3) is 0 Å². The molecule has 0 radical (unpaired) electrons. The van der Waals surface area contributed by atoms with Gasteiger partial charge in [0, 0.05) is 24.3 Å². The first-order valence-corrected chi connectivity index (χ1v) is 8.12. The van der Waals surface area contributed by atoms with Crippen molar-refractivity contribution >= 4 is 15.7 Å². The summed E-state index contributed by atoms with van der Waals surface area (Å²) in [7, 11) is -3.36. The molecule has 6 heteroatoms. The zero-order valence-corrected chi connectivity index (χ0v) is 11.9. The monoisotopic (exact) mass is 283 g/mol. The second-order valence-corrected chi connectivity index (χ2v) is 6.62. The SMILES string of the molecule is CCC(CN)Nc1ccc(S(=O)(=O)NC2CC2)cc1. The Morgan fingerprint density at radius 2 is 1.95 bits per heavy atom. The fraction of sp³-hybridized carbons (Fsp3) is 0.538. The highest BCUT2D eigenvalue weighted by Gasteiger charge is 2.27. The lowest BCUT2D eigenvalue weighted by atomic mass is 10.2. The topological polar surface area (TPSA) is 84.2 Å². The van der Waals surface area contributed by atoms with Gasteiger partial charge in [-0.1, -0.05) is 6.92 Å². The van der Waals surface area contributed by atoms with Crippen molar-refractivity contribution in [1.29, 1.82) is 0 Å². The van der Waals surface area contributed by atoms with E-state index >= 15 is 0 Å². The first kappa shape index (κ1) is 14.3. The summed E-state index contributed by atoms with van der Waals surface area (Å²) in [6, 6.07) is 7.14. The normalized spacial score (nSPS) is 17.2. The standard InChI is InChI=1S/C13H21N3O2S/c1-2-10(9-14)15-11-5-7-13(8-6-11)19(17,18)16-12-3-4-12/h5-8,10,12,15-16H,2-4,9,14H2,1H3. The maximum atomic E-state index is 12.0. The number of nitrogens with two attached hydrogens (primary N) is 1. The molecule has 4 N–H and O–H groups in total. The van der Waals surface area contributed by atoms with Crippen molar-refractivity contribution in [3.8, 4) is 0 Å². The van der Waals surface area contributed by atoms with E-state index in [2.05, 4.69) is 17.0 Å². The van der Waals surface area contributed by atoms with Crippen molar-refractivity contribution in [3.63, 3.8) is 0 Å². The van der Waals surface area contributed by atoms with Crippen LogP contribution in [0.25, 0.3) is 0 Å². The molecule has 1 aliphatic rings. The van der Waals surface area contributed by atoms with Crippen LogP contribution in [0, 0.1) is 0 Å². The maximum Gasteiger partial charge on any atom is 0.240 e. The predicted octanol–water partition coefficient (Wildman–Crippen LogP) is 1.28. The van der Waals surface area contributed by atoms with Crippen LogP contribution in [0.2, 0.25) is 0 Å². The van der Waals surface area contributed by atoms with Crippen LogP contribution in [0.3, 0.4) is 0 Å². The average Bonchev–Trinajstić information content (AvgIpc) is 3.19. The average molecular weight is 283 g/mol. The van der Waals surface area contributed by atoms with Crippen molar-refractivity contribution in [2.45, 2.75) is 43.2 Å². The smallest absolute Gasteiger partial charge is 0.240 e. The van der Waals surface area contributed by atoms with E-state index in [0.717, 1.165) is 24.9 Å². The molecule has 106 valence electrons. The summed E-state index contributed by atoms with van der Waals surface area (Å²) < 4.78 is 26.6. The summed E-state index contributed by atoms with van der Waals surface area (Å²) in [5.74, 6) is 0. The fourth-order valence-electron chi connectivity index (χ4n) is 1.78. The minimum atomic E-state index is -3.36. The zero-order chi connectivity index (χ0) is 13.9. The van der Waals surface area contributed by atoms with Gasteiger partial charge in [-0.3, -0.25) is 0 Å². The molecule has 1 aromatic rings. The molecule has 1 fully saturated rings. The summed E-state index contributed by atoms with van der Waals surface area (Å²) in [5, 5.41) is 3.27. The summed E-state index contributed by atoms with van der Waals surface area (Å²) >= 11 is 0. The summed E-state index contributed by atoms with van der Waals surface area (Å²) in [6.45, 7) is 2.61. The van der Waals surface area contributed by atoms with Crippen molar-refractivity contribution < 1.29 is 8.42 Å². The molecular formula is C13H21N3O2S. The van der Waals surface area contributed by atoms with Crippen LogP contribution in [0.1, 0.15) is 26.2 Å². The van der Waals surface area contributed by atoms with E-state index < -0.39 is 10.0 Å². The lowest BCUT2D eigenvalue weighted by Gasteiger charge is -2.16. The van der Waals surface area contributed by atoms with Crippen molar-refractivity contribution in [3.05, 3.63) is 24.3 Å². The minimum absolute atomic E-state index is 0.129. The number of rotatable bonds is 7. The first-order valence-electron chi connectivity index (χ1n) is 6.64. The molecule has 1 saturated carbocycles. The van der Waals surface area contributed by atoms with Gasteiger partial charge >= 0.3 is 0 Å². The van der Waals surface area contributed by atoms with Crippen molar-refractivity contribution in [2.24, 2.45) is 5.73 Å². The highest BCUT2D eigenvalue weighted by atomic mass is 32.2. The molecule has 1 unspecified atom stereocenters. The molecule has 0 spiro atoms. The van der Waals surface area contributed by atoms with E-state index in [1.165, 1.54) is 0 Å². The van der Waals surface area contributed by atoms with Crippen LogP contribution in [0.4, 0.5) is 5.69 Å². The lowest BCUT2D eigenvalue weighted by molar-refractivity contribution is 0.581. The Labute approximate surface area is 114 Å². The minimum Gasteiger partial charge on any atom is -0.381 e. The Bertz CT molecular complexity index is 505. The van der Waals surface area contributed by atoms with Crippen LogP contribution in [-0.4, -0.2) is 27.0 Å². The Balaban J connectivity index is 2.05. The Morgan fingerprint density at radius 1 is 1.32 bits per heavy atom. The fourth-order valence-corrected chi connectivity index (χ4v) is 3.09. The predicted molar refractivity (Wildman–Crippen MR) is 76.5 cm³/mol. The number of anilines is 1. The van der Waals surface area contributed by atoms with Crippen LogP contribution in [0.5, 0.6) is 0 Å². The number of hydrogen-bond donors (Lipinski definition) is 3. The molecule has 5 nitrogen and oxygen atoms in total. The van der Waals surface area contributed by atoms with Crippen LogP contribution < -0.4 is 15.8 Å². The molecule has 0 bridgehead atoms. The largest absolute Gasteiger partial charge is 0.381 e. The molecule has 0 amide bonds. The first-order chi connectivity index (χ1) is 9.05. The maximum absolute atomic E-state index is 12.0. The van der Waals surface area contributed by atoms with E-state index in [9.17, 15) is 8.42 Å². The Hall–Kier alpha value is -1.11. The van der Waals surface area contributed by atoms with E-state index in [-0.39, 0.29) is 12.1 Å². The second kappa shape index (κ2) is 5.90. The summed E-state index contributed by atoms with van der Waals surface area (Å²) in [4.78, 5) is 0.311. The van der Waals surface area contributed by atoms with Crippen LogP contribution in [0.15, 0.2) is 29.2 Å². The third kappa shape index (κ3) is 3.92. The highest BCUT2D eigenvalue weighted by molar-refractivity contribution is 7.89. The third-order valence-corrected chi connectivity index (χ3v) is 4.75. The van der Waals surface area contributed by atoms with Crippen molar-refractivity contribution in [1.82, 2.24) is 4.72 Å². The molecule has 0 heterocycles. The quantitative estimate of drug-likeness (QED) is 0.704. The Morgan fingerprint density at radius 3 is 2.42 bits per heavy atom. The number of nitrogens with one attached hydrogen (secondary N) is 2. The van der Waals surface area contributed by atoms with Gasteiger partial charge < -0.3 is 11.1 Å². The van der Waals surface area contributed by atoms with Crippen LogP contribution in [-0.2, 0) is 10.0 Å². The second-order valence-electron chi connectivity index (χ2n) is 4.91. The molecule has 0 saturated heterocycles.